The molecule has 0 aliphatic heterocycles. The van der Waals surface area contributed by atoms with Gasteiger partial charge < -0.3 is 15.0 Å². The van der Waals surface area contributed by atoms with E-state index in [9.17, 15) is 14.0 Å². The number of carbonyl (C=O) groups is 1. The van der Waals surface area contributed by atoms with Gasteiger partial charge in [-0.05, 0) is 6.92 Å². The highest BCUT2D eigenvalue weighted by atomic mass is 19.1. The van der Waals surface area contributed by atoms with Crippen molar-refractivity contribution in [2.24, 2.45) is 0 Å². The van der Waals surface area contributed by atoms with Crippen molar-refractivity contribution in [1.82, 2.24) is 10.3 Å². The molecule has 0 saturated heterocycles. The second-order valence-electron chi connectivity index (χ2n) is 3.31. The van der Waals surface area contributed by atoms with Crippen LogP contribution in [0.1, 0.15) is 18.2 Å². The Morgan fingerprint density at radius 2 is 2.19 bits per heavy atom. The Hall–Kier alpha value is -1.85. The van der Waals surface area contributed by atoms with Crippen LogP contribution in [0.4, 0.5) is 4.39 Å². The second kappa shape index (κ2) is 4.78. The number of nitrogens with one attached hydrogen (secondary N) is 2. The van der Waals surface area contributed by atoms with Crippen molar-refractivity contribution in [2.75, 3.05) is 7.11 Å². The van der Waals surface area contributed by atoms with E-state index in [0.29, 0.717) is 0 Å². The third-order valence-electron chi connectivity index (χ3n) is 2.10. The number of pyridine rings is 1. The molecule has 5 nitrogen and oxygen atoms in total. The van der Waals surface area contributed by atoms with Crippen LogP contribution in [0.25, 0.3) is 0 Å². The summed E-state index contributed by atoms with van der Waals surface area (Å²) < 4.78 is 18.2. The highest BCUT2D eigenvalue weighted by Gasteiger charge is 2.15. The summed E-state index contributed by atoms with van der Waals surface area (Å²) in [5, 5.41) is 2.42. The molecule has 1 amide bonds. The summed E-state index contributed by atoms with van der Waals surface area (Å²) in [4.78, 5) is 24.9. The number of hydrogen-bond acceptors (Lipinski definition) is 3. The van der Waals surface area contributed by atoms with E-state index in [1.54, 1.807) is 0 Å². The fraction of sp³-hybridized carbons (Fsp3) is 0.400. The Balaban J connectivity index is 3.20. The van der Waals surface area contributed by atoms with Gasteiger partial charge in [0.05, 0.1) is 24.9 Å². The molecule has 6 heteroatoms. The summed E-state index contributed by atoms with van der Waals surface area (Å²) in [7, 11) is 1.36. The van der Waals surface area contributed by atoms with E-state index in [-0.39, 0.29) is 29.6 Å². The molecule has 1 heterocycles. The number of aromatic amines is 1. The number of carbonyl (C=O) groups excluding carboxylic acids is 1. The van der Waals surface area contributed by atoms with Gasteiger partial charge in [-0.2, -0.15) is 0 Å². The number of amides is 1. The number of aromatic nitrogens is 1. The molecule has 2 N–H and O–H groups in total. The van der Waals surface area contributed by atoms with Crippen LogP contribution in [0.15, 0.2) is 4.79 Å². The highest BCUT2D eigenvalue weighted by molar-refractivity contribution is 5.72. The number of hydrogen-bond donors (Lipinski definition) is 2. The largest absolute Gasteiger partial charge is 0.482 e. The van der Waals surface area contributed by atoms with Crippen molar-refractivity contribution in [2.45, 2.75) is 20.4 Å². The first kappa shape index (κ1) is 12.2. The summed E-state index contributed by atoms with van der Waals surface area (Å²) in [6.45, 7) is 2.68. The topological polar surface area (TPSA) is 71.2 Å². The molecule has 88 valence electrons. The molecule has 0 fully saturated rings. The quantitative estimate of drug-likeness (QED) is 0.789. The first-order valence-electron chi connectivity index (χ1n) is 4.67. The van der Waals surface area contributed by atoms with Gasteiger partial charge in [-0.1, -0.05) is 0 Å². The fourth-order valence-electron chi connectivity index (χ4n) is 1.25. The molecule has 0 saturated carbocycles. The molecule has 0 bridgehead atoms. The smallest absolute Gasteiger partial charge is 0.226 e. The van der Waals surface area contributed by atoms with Crippen molar-refractivity contribution >= 4 is 5.91 Å². The predicted octanol–water partition coefficient (Wildman–Crippen LogP) is 0.467. The van der Waals surface area contributed by atoms with Crippen LogP contribution in [0.3, 0.4) is 0 Å². The van der Waals surface area contributed by atoms with Crippen LogP contribution in [-0.2, 0) is 11.3 Å². The van der Waals surface area contributed by atoms with Gasteiger partial charge in [-0.3, -0.25) is 9.59 Å². The van der Waals surface area contributed by atoms with Gasteiger partial charge in [0.1, 0.15) is 0 Å². The summed E-state index contributed by atoms with van der Waals surface area (Å²) >= 11 is 0. The lowest BCUT2D eigenvalue weighted by Crippen LogP contribution is -2.26. The summed E-state index contributed by atoms with van der Waals surface area (Å²) in [6, 6.07) is 0. The van der Waals surface area contributed by atoms with Gasteiger partial charge in [-0.15, -0.1) is 0 Å². The molecule has 1 aromatic rings. The van der Waals surface area contributed by atoms with Crippen LogP contribution in [0, 0.1) is 12.7 Å². The van der Waals surface area contributed by atoms with Gasteiger partial charge in [0.2, 0.25) is 11.3 Å². The lowest BCUT2D eigenvalue weighted by Gasteiger charge is -2.09. The predicted molar refractivity (Wildman–Crippen MR) is 55.8 cm³/mol. The van der Waals surface area contributed by atoms with Crippen molar-refractivity contribution < 1.29 is 13.9 Å². The van der Waals surface area contributed by atoms with E-state index in [0.717, 1.165) is 0 Å². The Labute approximate surface area is 91.6 Å². The number of halogens is 1. The molecular weight excluding hydrogens is 215 g/mol. The number of rotatable bonds is 3. The SMILES string of the molecule is COc1[nH]c(C)c(F)c(=O)c1CNC(C)=O. The number of H-pyrrole nitrogens is 1. The van der Waals surface area contributed by atoms with E-state index in [2.05, 4.69) is 10.3 Å². The molecule has 0 unspecified atom stereocenters. The Morgan fingerprint density at radius 3 is 2.69 bits per heavy atom. The summed E-state index contributed by atoms with van der Waals surface area (Å²) in [5.41, 5.74) is -0.587. The third-order valence-corrected chi connectivity index (χ3v) is 2.10. The number of ether oxygens (including phenoxy) is 1. The first-order valence-corrected chi connectivity index (χ1v) is 4.67. The van der Waals surface area contributed by atoms with E-state index in [1.807, 2.05) is 0 Å². The minimum Gasteiger partial charge on any atom is -0.482 e. The van der Waals surface area contributed by atoms with E-state index in [1.165, 1.54) is 21.0 Å². The van der Waals surface area contributed by atoms with Crippen molar-refractivity contribution in [3.8, 4) is 5.88 Å². The van der Waals surface area contributed by atoms with Crippen LogP contribution in [0.5, 0.6) is 5.88 Å². The average Bonchev–Trinajstić information content (AvgIpc) is 2.23. The Morgan fingerprint density at radius 1 is 1.56 bits per heavy atom. The minimum atomic E-state index is -0.860. The highest BCUT2D eigenvalue weighted by Crippen LogP contribution is 2.13. The maximum absolute atomic E-state index is 13.3. The van der Waals surface area contributed by atoms with Gasteiger partial charge in [-0.25, -0.2) is 4.39 Å². The van der Waals surface area contributed by atoms with E-state index < -0.39 is 11.2 Å². The second-order valence-corrected chi connectivity index (χ2v) is 3.31. The Bertz CT molecular complexity index is 468. The average molecular weight is 228 g/mol. The molecule has 16 heavy (non-hydrogen) atoms. The molecular formula is C10H13FN2O3. The molecule has 1 aromatic heterocycles. The van der Waals surface area contributed by atoms with Gasteiger partial charge in [0.25, 0.3) is 0 Å². The van der Waals surface area contributed by atoms with Crippen molar-refractivity contribution in [3.05, 3.63) is 27.3 Å². The van der Waals surface area contributed by atoms with Crippen molar-refractivity contribution in [3.63, 3.8) is 0 Å². The number of aryl methyl sites for hydroxylation is 1. The minimum absolute atomic E-state index is 0.0644. The van der Waals surface area contributed by atoms with Crippen LogP contribution < -0.4 is 15.5 Å². The van der Waals surface area contributed by atoms with E-state index >= 15 is 0 Å². The summed E-state index contributed by atoms with van der Waals surface area (Å²) in [6.07, 6.45) is 0. The van der Waals surface area contributed by atoms with Crippen molar-refractivity contribution in [1.29, 1.82) is 0 Å². The molecule has 1 rings (SSSR count). The maximum atomic E-state index is 13.3. The molecule has 0 atom stereocenters. The normalized spacial score (nSPS) is 10.0. The standard InChI is InChI=1S/C10H13FN2O3/c1-5-8(11)9(15)7(4-12-6(2)14)10(13-5)16-3/h4H2,1-3H3,(H,12,14)(H,13,15). The molecule has 0 radical (unpaired) electrons. The zero-order valence-electron chi connectivity index (χ0n) is 9.31. The van der Waals surface area contributed by atoms with Gasteiger partial charge in [0.15, 0.2) is 11.7 Å². The van der Waals surface area contributed by atoms with Crippen LogP contribution >= 0.6 is 0 Å². The zero-order chi connectivity index (χ0) is 12.3. The molecule has 0 spiro atoms. The lowest BCUT2D eigenvalue weighted by molar-refractivity contribution is -0.119. The fourth-order valence-corrected chi connectivity index (χ4v) is 1.25. The maximum Gasteiger partial charge on any atom is 0.226 e. The van der Waals surface area contributed by atoms with E-state index in [4.69, 9.17) is 4.74 Å². The Kier molecular flexibility index (Phi) is 3.65. The van der Waals surface area contributed by atoms with Crippen LogP contribution in [-0.4, -0.2) is 18.0 Å². The summed E-state index contributed by atoms with van der Waals surface area (Å²) in [5.74, 6) is -0.999. The molecule has 0 aromatic carbocycles. The number of methoxy groups -OCH3 is 1. The monoisotopic (exact) mass is 228 g/mol. The van der Waals surface area contributed by atoms with Gasteiger partial charge >= 0.3 is 0 Å². The lowest BCUT2D eigenvalue weighted by atomic mass is 10.2. The first-order chi connectivity index (χ1) is 7.47. The zero-order valence-corrected chi connectivity index (χ0v) is 9.31. The van der Waals surface area contributed by atoms with Gasteiger partial charge in [0, 0.05) is 6.92 Å². The molecule has 0 aliphatic carbocycles. The van der Waals surface area contributed by atoms with Crippen LogP contribution in [0.2, 0.25) is 0 Å². The third kappa shape index (κ3) is 2.39. The molecule has 0 aliphatic rings.